The van der Waals surface area contributed by atoms with Gasteiger partial charge in [-0.25, -0.2) is 4.39 Å². The fourth-order valence-electron chi connectivity index (χ4n) is 0.730. The van der Waals surface area contributed by atoms with Crippen LogP contribution in [0, 0.1) is 5.82 Å². The summed E-state index contributed by atoms with van der Waals surface area (Å²) < 4.78 is 41.8. The van der Waals surface area contributed by atoms with Crippen molar-refractivity contribution in [1.82, 2.24) is 0 Å². The van der Waals surface area contributed by atoms with E-state index < -0.39 is 24.2 Å². The van der Waals surface area contributed by atoms with Crippen LogP contribution in [0.1, 0.15) is 0 Å². The van der Waals surface area contributed by atoms with Crippen LogP contribution in [0.3, 0.4) is 0 Å². The number of rotatable bonds is 3. The third kappa shape index (κ3) is 2.62. The largest absolute Gasteiger partial charge is 0.428 e. The van der Waals surface area contributed by atoms with Gasteiger partial charge in [0.25, 0.3) is 0 Å². The smallest absolute Gasteiger partial charge is 0.410 e. The molecule has 5 heteroatoms. The number of alkyl halides is 2. The molecule has 0 unspecified atom stereocenters. The number of hydrogen-bond acceptors (Lipinski definition) is 2. The number of ether oxygens (including phenoxy) is 1. The molecular weight excluding hydrogens is 183 g/mol. The molecule has 0 aliphatic heterocycles. The molecule has 13 heavy (non-hydrogen) atoms. The maximum atomic E-state index is 12.8. The van der Waals surface area contributed by atoms with E-state index in [0.717, 1.165) is 12.1 Å². The first-order valence-corrected chi connectivity index (χ1v) is 3.56. The molecule has 1 rings (SSSR count). The van der Waals surface area contributed by atoms with E-state index in [4.69, 9.17) is 5.73 Å². The topological polar surface area (TPSA) is 35.2 Å². The zero-order chi connectivity index (χ0) is 9.90. The van der Waals surface area contributed by atoms with Crippen molar-refractivity contribution in [3.05, 3.63) is 30.1 Å². The fourth-order valence-corrected chi connectivity index (χ4v) is 0.730. The molecule has 0 bridgehead atoms. The Hall–Kier alpha value is -1.23. The number of hydrogen-bond donors (Lipinski definition) is 1. The van der Waals surface area contributed by atoms with E-state index in [9.17, 15) is 13.2 Å². The minimum absolute atomic E-state index is 0.502. The Morgan fingerprint density at radius 2 is 1.92 bits per heavy atom. The average molecular weight is 191 g/mol. The molecule has 2 nitrogen and oxygen atoms in total. The Labute approximate surface area is 73.1 Å². The summed E-state index contributed by atoms with van der Waals surface area (Å²) in [6.45, 7) is -0.985. The molecule has 0 aliphatic rings. The minimum Gasteiger partial charge on any atom is -0.428 e. The van der Waals surface area contributed by atoms with Crippen molar-refractivity contribution in [3.8, 4) is 5.75 Å². The Balaban J connectivity index is 2.80. The van der Waals surface area contributed by atoms with Crippen LogP contribution in [-0.4, -0.2) is 12.7 Å². The van der Waals surface area contributed by atoms with Gasteiger partial charge >= 0.3 is 6.11 Å². The van der Waals surface area contributed by atoms with Gasteiger partial charge in [0.05, 0.1) is 6.54 Å². The van der Waals surface area contributed by atoms with Crippen LogP contribution >= 0.6 is 0 Å². The Kier molecular flexibility index (Phi) is 2.77. The summed E-state index contributed by atoms with van der Waals surface area (Å²) in [7, 11) is 0. The lowest BCUT2D eigenvalue weighted by atomic mass is 10.3. The van der Waals surface area contributed by atoms with Gasteiger partial charge < -0.3 is 10.5 Å². The van der Waals surface area contributed by atoms with E-state index in [1.54, 1.807) is 0 Å². The van der Waals surface area contributed by atoms with Crippen molar-refractivity contribution < 1.29 is 17.9 Å². The SMILES string of the molecule is NCC(F)(F)Oc1ccccc1F. The second-order valence-electron chi connectivity index (χ2n) is 2.37. The van der Waals surface area contributed by atoms with E-state index in [-0.39, 0.29) is 0 Å². The summed E-state index contributed by atoms with van der Waals surface area (Å²) in [6.07, 6.45) is -3.53. The van der Waals surface area contributed by atoms with Crippen molar-refractivity contribution in [2.45, 2.75) is 6.11 Å². The van der Waals surface area contributed by atoms with Crippen LogP contribution in [-0.2, 0) is 0 Å². The van der Waals surface area contributed by atoms with Crippen LogP contribution in [0.2, 0.25) is 0 Å². The molecular formula is C8H8F3NO. The van der Waals surface area contributed by atoms with Gasteiger partial charge in [-0.1, -0.05) is 12.1 Å². The molecule has 0 radical (unpaired) electrons. The Morgan fingerprint density at radius 1 is 1.31 bits per heavy atom. The van der Waals surface area contributed by atoms with E-state index in [1.165, 1.54) is 12.1 Å². The first-order chi connectivity index (χ1) is 6.05. The quantitative estimate of drug-likeness (QED) is 0.789. The summed E-state index contributed by atoms with van der Waals surface area (Å²) in [6, 6.07) is 4.91. The van der Waals surface area contributed by atoms with E-state index in [1.807, 2.05) is 0 Å². The second-order valence-corrected chi connectivity index (χ2v) is 2.37. The van der Waals surface area contributed by atoms with Crippen LogP contribution in [0.4, 0.5) is 13.2 Å². The Morgan fingerprint density at radius 3 is 2.46 bits per heavy atom. The van der Waals surface area contributed by atoms with Crippen LogP contribution in [0.5, 0.6) is 5.75 Å². The zero-order valence-electron chi connectivity index (χ0n) is 6.64. The Bertz CT molecular complexity index is 290. The highest BCUT2D eigenvalue weighted by molar-refractivity contribution is 5.23. The highest BCUT2D eigenvalue weighted by Gasteiger charge is 2.30. The molecule has 0 spiro atoms. The number of benzene rings is 1. The number of nitrogens with two attached hydrogens (primary N) is 1. The van der Waals surface area contributed by atoms with Crippen molar-refractivity contribution in [3.63, 3.8) is 0 Å². The molecule has 0 aromatic heterocycles. The van der Waals surface area contributed by atoms with Gasteiger partial charge in [0, 0.05) is 0 Å². The van der Waals surface area contributed by atoms with Crippen molar-refractivity contribution in [2.75, 3.05) is 6.54 Å². The molecule has 0 fully saturated rings. The normalized spacial score (nSPS) is 11.4. The maximum Gasteiger partial charge on any atom is 0.410 e. The summed E-state index contributed by atoms with van der Waals surface area (Å²) in [5, 5.41) is 0. The number of para-hydroxylation sites is 1. The van der Waals surface area contributed by atoms with Crippen molar-refractivity contribution in [1.29, 1.82) is 0 Å². The first kappa shape index (κ1) is 9.85. The third-order valence-corrected chi connectivity index (χ3v) is 1.33. The lowest BCUT2D eigenvalue weighted by molar-refractivity contribution is -0.167. The van der Waals surface area contributed by atoms with E-state index in [0.29, 0.717) is 0 Å². The summed E-state index contributed by atoms with van der Waals surface area (Å²) in [5.41, 5.74) is 4.71. The predicted molar refractivity (Wildman–Crippen MR) is 41.0 cm³/mol. The summed E-state index contributed by atoms with van der Waals surface area (Å²) in [4.78, 5) is 0. The molecule has 0 saturated carbocycles. The van der Waals surface area contributed by atoms with Gasteiger partial charge in [-0.2, -0.15) is 8.78 Å². The number of halogens is 3. The van der Waals surface area contributed by atoms with Gasteiger partial charge in [0.2, 0.25) is 0 Å². The molecule has 72 valence electrons. The van der Waals surface area contributed by atoms with Gasteiger partial charge in [0.1, 0.15) is 0 Å². The van der Waals surface area contributed by atoms with E-state index >= 15 is 0 Å². The molecule has 0 aliphatic carbocycles. The van der Waals surface area contributed by atoms with Gasteiger partial charge in [-0.3, -0.25) is 0 Å². The van der Waals surface area contributed by atoms with Crippen LogP contribution in [0.25, 0.3) is 0 Å². The van der Waals surface area contributed by atoms with Gasteiger partial charge in [-0.15, -0.1) is 0 Å². The van der Waals surface area contributed by atoms with Gasteiger partial charge in [0.15, 0.2) is 11.6 Å². The monoisotopic (exact) mass is 191 g/mol. The maximum absolute atomic E-state index is 12.8. The highest BCUT2D eigenvalue weighted by Crippen LogP contribution is 2.22. The van der Waals surface area contributed by atoms with E-state index in [2.05, 4.69) is 4.74 Å². The molecule has 1 aromatic rings. The predicted octanol–water partition coefficient (Wildman–Crippen LogP) is 1.76. The average Bonchev–Trinajstić information content (AvgIpc) is 2.09. The molecule has 0 atom stereocenters. The van der Waals surface area contributed by atoms with Crippen LogP contribution in [0.15, 0.2) is 24.3 Å². The summed E-state index contributed by atoms with van der Waals surface area (Å²) >= 11 is 0. The van der Waals surface area contributed by atoms with Crippen molar-refractivity contribution in [2.24, 2.45) is 5.73 Å². The molecule has 1 aromatic carbocycles. The highest BCUT2D eigenvalue weighted by atomic mass is 19.3. The van der Waals surface area contributed by atoms with Crippen LogP contribution < -0.4 is 10.5 Å². The van der Waals surface area contributed by atoms with Gasteiger partial charge in [-0.05, 0) is 12.1 Å². The zero-order valence-corrected chi connectivity index (χ0v) is 6.64. The standard InChI is InChI=1S/C8H8F3NO/c9-6-3-1-2-4-7(6)13-8(10,11)5-12/h1-4H,5,12H2. The third-order valence-electron chi connectivity index (χ3n) is 1.33. The first-order valence-electron chi connectivity index (χ1n) is 3.56. The lowest BCUT2D eigenvalue weighted by Crippen LogP contribution is -2.34. The molecule has 0 heterocycles. The fraction of sp³-hybridized carbons (Fsp3) is 0.250. The summed E-state index contributed by atoms with van der Waals surface area (Å²) in [5.74, 6) is -1.34. The molecule has 0 amide bonds. The molecule has 0 saturated heterocycles. The van der Waals surface area contributed by atoms with Crippen molar-refractivity contribution >= 4 is 0 Å². The lowest BCUT2D eigenvalue weighted by Gasteiger charge is -2.15. The second kappa shape index (κ2) is 3.66. The molecule has 2 N–H and O–H groups in total. The minimum atomic E-state index is -3.53.